The number of hydrogen-bond donors (Lipinski definition) is 3. The van der Waals surface area contributed by atoms with Crippen molar-refractivity contribution >= 4 is 22.7 Å². The average molecular weight is 303 g/mol. The van der Waals surface area contributed by atoms with Crippen molar-refractivity contribution in [2.75, 3.05) is 0 Å². The van der Waals surface area contributed by atoms with Gasteiger partial charge in [0.15, 0.2) is 0 Å². The fourth-order valence-corrected chi connectivity index (χ4v) is 2.88. The number of H-pyrrole nitrogens is 1. The van der Waals surface area contributed by atoms with Crippen LogP contribution in [0.3, 0.4) is 0 Å². The summed E-state index contributed by atoms with van der Waals surface area (Å²) in [6, 6.07) is 5.80. The molecule has 3 N–H and O–H groups in total. The number of benzene rings is 1. The number of hydrogen-bond acceptors (Lipinski definition) is 2. The molecule has 0 aliphatic heterocycles. The second-order valence-electron chi connectivity index (χ2n) is 5.69. The monoisotopic (exact) mass is 303 g/mol. The lowest BCUT2D eigenvalue weighted by molar-refractivity contribution is -0.126. The Morgan fingerprint density at radius 1 is 1.09 bits per heavy atom. The number of carbonyl (C=O) groups is 2. The molecular formula is C16H18FN3O2. The summed E-state index contributed by atoms with van der Waals surface area (Å²) in [5.41, 5.74) is 5.84. The zero-order valence-electron chi connectivity index (χ0n) is 12.1. The van der Waals surface area contributed by atoms with Crippen LogP contribution in [-0.2, 0) is 4.79 Å². The van der Waals surface area contributed by atoms with Gasteiger partial charge in [-0.25, -0.2) is 4.39 Å². The normalized spacial score (nSPS) is 15.7. The van der Waals surface area contributed by atoms with E-state index < -0.39 is 5.91 Å². The van der Waals surface area contributed by atoms with E-state index in [1.807, 2.05) is 0 Å². The van der Waals surface area contributed by atoms with Crippen LogP contribution in [0.5, 0.6) is 0 Å². The van der Waals surface area contributed by atoms with Gasteiger partial charge in [-0.2, -0.15) is 0 Å². The van der Waals surface area contributed by atoms with E-state index in [1.165, 1.54) is 18.6 Å². The Labute approximate surface area is 127 Å². The van der Waals surface area contributed by atoms with Crippen LogP contribution in [0.4, 0.5) is 4.39 Å². The highest BCUT2D eigenvalue weighted by Crippen LogP contribution is 2.23. The first-order valence-electron chi connectivity index (χ1n) is 7.52. The molecule has 0 radical (unpaired) electrons. The number of halogens is 1. The minimum absolute atomic E-state index is 0.0224. The van der Waals surface area contributed by atoms with Crippen molar-refractivity contribution in [1.82, 2.24) is 15.8 Å². The molecule has 1 heterocycles. The van der Waals surface area contributed by atoms with E-state index in [0.29, 0.717) is 10.9 Å². The summed E-state index contributed by atoms with van der Waals surface area (Å²) < 4.78 is 13.1. The van der Waals surface area contributed by atoms with Crippen LogP contribution in [0.25, 0.3) is 10.9 Å². The number of rotatable bonds is 2. The summed E-state index contributed by atoms with van der Waals surface area (Å²) in [6.07, 6.45) is 5.02. The number of fused-ring (bicyclic) bond motifs is 1. The van der Waals surface area contributed by atoms with Gasteiger partial charge in [0.25, 0.3) is 5.91 Å². The molecule has 116 valence electrons. The molecule has 0 atom stereocenters. The van der Waals surface area contributed by atoms with Gasteiger partial charge in [-0.1, -0.05) is 19.3 Å². The molecule has 6 heteroatoms. The van der Waals surface area contributed by atoms with E-state index in [4.69, 9.17) is 0 Å². The molecule has 1 aliphatic carbocycles. The maximum atomic E-state index is 13.1. The first kappa shape index (κ1) is 14.6. The third kappa shape index (κ3) is 3.10. The second-order valence-corrected chi connectivity index (χ2v) is 5.69. The van der Waals surface area contributed by atoms with E-state index in [9.17, 15) is 14.0 Å². The predicted octanol–water partition coefficient (Wildman–Crippen LogP) is 2.65. The summed E-state index contributed by atoms with van der Waals surface area (Å²) in [5, 5.41) is 0.615. The van der Waals surface area contributed by atoms with Gasteiger partial charge in [0, 0.05) is 16.8 Å². The van der Waals surface area contributed by atoms with Gasteiger partial charge in [0.2, 0.25) is 5.91 Å². The molecule has 0 unspecified atom stereocenters. The molecule has 0 saturated heterocycles. The Bertz CT molecular complexity index is 704. The Morgan fingerprint density at radius 2 is 1.86 bits per heavy atom. The Hall–Kier alpha value is -2.37. The van der Waals surface area contributed by atoms with Crippen molar-refractivity contribution in [2.24, 2.45) is 5.92 Å². The molecule has 2 amide bonds. The standard InChI is InChI=1S/C16H18FN3O2/c17-12-6-7-13-11(8-12)9-14(18-13)16(22)20-19-15(21)10-4-2-1-3-5-10/h6-10,18H,1-5H2,(H,19,21)(H,20,22). The highest BCUT2D eigenvalue weighted by atomic mass is 19.1. The van der Waals surface area contributed by atoms with Crippen molar-refractivity contribution in [3.05, 3.63) is 35.8 Å². The van der Waals surface area contributed by atoms with Gasteiger partial charge in [-0.15, -0.1) is 0 Å². The maximum Gasteiger partial charge on any atom is 0.286 e. The van der Waals surface area contributed by atoms with Crippen LogP contribution in [0, 0.1) is 11.7 Å². The molecular weight excluding hydrogens is 285 g/mol. The fraction of sp³-hybridized carbons (Fsp3) is 0.375. The van der Waals surface area contributed by atoms with E-state index >= 15 is 0 Å². The zero-order chi connectivity index (χ0) is 15.5. The van der Waals surface area contributed by atoms with Crippen LogP contribution in [0.2, 0.25) is 0 Å². The summed E-state index contributed by atoms with van der Waals surface area (Å²) >= 11 is 0. The van der Waals surface area contributed by atoms with Gasteiger partial charge < -0.3 is 4.98 Å². The zero-order valence-corrected chi connectivity index (χ0v) is 12.1. The van der Waals surface area contributed by atoms with E-state index in [-0.39, 0.29) is 23.3 Å². The number of carbonyl (C=O) groups excluding carboxylic acids is 2. The number of hydrazine groups is 1. The summed E-state index contributed by atoms with van der Waals surface area (Å²) in [5.74, 6) is -0.967. The predicted molar refractivity (Wildman–Crippen MR) is 80.4 cm³/mol. The lowest BCUT2D eigenvalue weighted by Crippen LogP contribution is -2.45. The summed E-state index contributed by atoms with van der Waals surface area (Å²) in [4.78, 5) is 26.9. The molecule has 22 heavy (non-hydrogen) atoms. The Balaban J connectivity index is 1.61. The topological polar surface area (TPSA) is 74.0 Å². The first-order chi connectivity index (χ1) is 10.6. The molecule has 3 rings (SSSR count). The van der Waals surface area contributed by atoms with Crippen molar-refractivity contribution < 1.29 is 14.0 Å². The highest BCUT2D eigenvalue weighted by Gasteiger charge is 2.21. The SMILES string of the molecule is O=C(NNC(=O)C1CCCCC1)c1cc2cc(F)ccc2[nH]1. The molecule has 1 saturated carbocycles. The lowest BCUT2D eigenvalue weighted by Gasteiger charge is -2.20. The number of amides is 2. The smallest absolute Gasteiger partial charge is 0.286 e. The van der Waals surface area contributed by atoms with E-state index in [1.54, 1.807) is 12.1 Å². The van der Waals surface area contributed by atoms with Crippen LogP contribution in [0.1, 0.15) is 42.6 Å². The molecule has 2 aromatic rings. The number of aromatic nitrogens is 1. The van der Waals surface area contributed by atoms with Crippen molar-refractivity contribution in [1.29, 1.82) is 0 Å². The van der Waals surface area contributed by atoms with Gasteiger partial charge in [-0.3, -0.25) is 20.4 Å². The van der Waals surface area contributed by atoms with E-state index in [2.05, 4.69) is 15.8 Å². The molecule has 1 aromatic carbocycles. The van der Waals surface area contributed by atoms with Gasteiger partial charge >= 0.3 is 0 Å². The fourth-order valence-electron chi connectivity index (χ4n) is 2.88. The van der Waals surface area contributed by atoms with Gasteiger partial charge in [0.05, 0.1) is 0 Å². The molecule has 1 fully saturated rings. The Kier molecular flexibility index (Phi) is 4.09. The summed E-state index contributed by atoms with van der Waals surface area (Å²) in [6.45, 7) is 0. The van der Waals surface area contributed by atoms with E-state index in [0.717, 1.165) is 25.7 Å². The molecule has 1 aliphatic rings. The van der Waals surface area contributed by atoms with Crippen LogP contribution in [0.15, 0.2) is 24.3 Å². The van der Waals surface area contributed by atoms with Crippen LogP contribution < -0.4 is 10.9 Å². The van der Waals surface area contributed by atoms with Gasteiger partial charge in [-0.05, 0) is 37.1 Å². The first-order valence-corrected chi connectivity index (χ1v) is 7.52. The molecule has 5 nitrogen and oxygen atoms in total. The lowest BCUT2D eigenvalue weighted by atomic mass is 9.89. The minimum Gasteiger partial charge on any atom is -0.350 e. The minimum atomic E-state index is -0.444. The molecule has 0 spiro atoms. The molecule has 1 aromatic heterocycles. The van der Waals surface area contributed by atoms with Crippen molar-refractivity contribution in [3.8, 4) is 0 Å². The van der Waals surface area contributed by atoms with Crippen LogP contribution >= 0.6 is 0 Å². The number of nitrogens with one attached hydrogen (secondary N) is 3. The highest BCUT2D eigenvalue weighted by molar-refractivity contribution is 5.98. The van der Waals surface area contributed by atoms with Crippen molar-refractivity contribution in [3.63, 3.8) is 0 Å². The second kappa shape index (κ2) is 6.17. The maximum absolute atomic E-state index is 13.1. The number of aromatic amines is 1. The largest absolute Gasteiger partial charge is 0.350 e. The third-order valence-corrected chi connectivity index (χ3v) is 4.10. The van der Waals surface area contributed by atoms with Crippen LogP contribution in [-0.4, -0.2) is 16.8 Å². The third-order valence-electron chi connectivity index (χ3n) is 4.10. The van der Waals surface area contributed by atoms with Crippen molar-refractivity contribution in [2.45, 2.75) is 32.1 Å². The quantitative estimate of drug-likeness (QED) is 0.746. The van der Waals surface area contributed by atoms with Gasteiger partial charge in [0.1, 0.15) is 11.5 Å². The molecule has 0 bridgehead atoms. The Morgan fingerprint density at radius 3 is 2.64 bits per heavy atom. The average Bonchev–Trinajstić information content (AvgIpc) is 2.96. The summed E-state index contributed by atoms with van der Waals surface area (Å²) in [7, 11) is 0.